The van der Waals surface area contributed by atoms with Crippen molar-refractivity contribution in [2.24, 2.45) is 0 Å². The van der Waals surface area contributed by atoms with Gasteiger partial charge in [-0.15, -0.1) is 0 Å². The number of nitrogens with zero attached hydrogens (tertiary/aromatic N) is 1. The molecule has 2 rings (SSSR count). The highest BCUT2D eigenvalue weighted by molar-refractivity contribution is 14.1. The van der Waals surface area contributed by atoms with Crippen molar-refractivity contribution in [3.05, 3.63) is 52.7 Å². The van der Waals surface area contributed by atoms with Crippen LogP contribution in [0.4, 0.5) is 0 Å². The smallest absolute Gasteiger partial charge is 0.345 e. The lowest BCUT2D eigenvalue weighted by Gasteiger charge is -2.05. The van der Waals surface area contributed by atoms with Crippen molar-refractivity contribution < 1.29 is 4.74 Å². The molecule has 0 bridgehead atoms. The van der Waals surface area contributed by atoms with Crippen molar-refractivity contribution in [1.29, 1.82) is 0 Å². The molecular weight excluding hydrogens is 319 g/mol. The number of hydrogen-bond donors (Lipinski definition) is 1. The van der Waals surface area contributed by atoms with E-state index in [2.05, 4.69) is 32.6 Å². The molecule has 0 radical (unpaired) electrons. The van der Waals surface area contributed by atoms with E-state index in [0.29, 0.717) is 5.75 Å². The van der Waals surface area contributed by atoms with Crippen molar-refractivity contribution in [2.45, 2.75) is 4.43 Å². The van der Waals surface area contributed by atoms with Gasteiger partial charge in [0.1, 0.15) is 5.75 Å². The molecule has 0 amide bonds. The Balaban J connectivity index is 2.20. The molecule has 0 saturated heterocycles. The summed E-state index contributed by atoms with van der Waals surface area (Å²) in [6, 6.07) is 7.78. The number of benzene rings is 1. The monoisotopic (exact) mass is 328 g/mol. The van der Waals surface area contributed by atoms with E-state index in [4.69, 9.17) is 4.74 Å². The molecule has 1 N–H and O–H groups in total. The highest BCUT2D eigenvalue weighted by Crippen LogP contribution is 2.21. The first kappa shape index (κ1) is 11.1. The van der Waals surface area contributed by atoms with Crippen LogP contribution < -0.4 is 10.4 Å². The number of halogens is 1. The van der Waals surface area contributed by atoms with Gasteiger partial charge < -0.3 is 9.72 Å². The van der Waals surface area contributed by atoms with E-state index in [1.165, 1.54) is 18.0 Å². The predicted molar refractivity (Wildman–Crippen MR) is 69.1 cm³/mol. The first-order valence-corrected chi connectivity index (χ1v) is 6.18. The lowest BCUT2D eigenvalue weighted by Crippen LogP contribution is -2.07. The van der Waals surface area contributed by atoms with Crippen LogP contribution in [0.2, 0.25) is 0 Å². The van der Waals surface area contributed by atoms with Gasteiger partial charge in [-0.2, -0.15) is 4.98 Å². The van der Waals surface area contributed by atoms with Crippen LogP contribution in [0.3, 0.4) is 0 Å². The zero-order valence-corrected chi connectivity index (χ0v) is 10.5. The molecule has 1 heterocycles. The largest absolute Gasteiger partial charge is 0.454 e. The standard InChI is InChI=1S/C11H9IN2O2/c12-5-8-2-1-3-9(4-8)16-10-6-13-11(15)14-7-10/h1-4,6-7H,5H2,(H,13,14,15). The van der Waals surface area contributed by atoms with Crippen LogP contribution in [0.5, 0.6) is 11.5 Å². The number of aromatic nitrogens is 2. The average Bonchev–Trinajstić information content (AvgIpc) is 2.32. The minimum absolute atomic E-state index is 0.381. The van der Waals surface area contributed by atoms with Gasteiger partial charge in [0.15, 0.2) is 5.75 Å². The molecule has 4 nitrogen and oxygen atoms in total. The summed E-state index contributed by atoms with van der Waals surface area (Å²) in [5.74, 6) is 1.26. The molecule has 2 aromatic rings. The Morgan fingerprint density at radius 3 is 2.94 bits per heavy atom. The molecule has 0 unspecified atom stereocenters. The van der Waals surface area contributed by atoms with Crippen molar-refractivity contribution in [1.82, 2.24) is 9.97 Å². The quantitative estimate of drug-likeness (QED) is 0.696. The van der Waals surface area contributed by atoms with Crippen molar-refractivity contribution in [2.75, 3.05) is 0 Å². The van der Waals surface area contributed by atoms with E-state index in [0.717, 1.165) is 10.2 Å². The Morgan fingerprint density at radius 1 is 1.38 bits per heavy atom. The highest BCUT2D eigenvalue weighted by atomic mass is 127. The molecular formula is C11H9IN2O2. The molecule has 5 heteroatoms. The van der Waals surface area contributed by atoms with Crippen LogP contribution in [-0.4, -0.2) is 9.97 Å². The Morgan fingerprint density at radius 2 is 2.25 bits per heavy atom. The Hall–Kier alpha value is -1.37. The van der Waals surface area contributed by atoms with Crippen LogP contribution in [0.1, 0.15) is 5.56 Å². The summed E-state index contributed by atoms with van der Waals surface area (Å²) in [5, 5.41) is 0. The second-order valence-electron chi connectivity index (χ2n) is 3.14. The molecule has 0 fully saturated rings. The lowest BCUT2D eigenvalue weighted by atomic mass is 10.2. The summed E-state index contributed by atoms with van der Waals surface area (Å²) >= 11 is 2.29. The minimum Gasteiger partial charge on any atom is -0.454 e. The lowest BCUT2D eigenvalue weighted by molar-refractivity contribution is 0.476. The second kappa shape index (κ2) is 5.11. The summed E-state index contributed by atoms with van der Waals surface area (Å²) in [4.78, 5) is 16.8. The zero-order valence-electron chi connectivity index (χ0n) is 8.31. The van der Waals surface area contributed by atoms with Crippen molar-refractivity contribution in [3.63, 3.8) is 0 Å². The second-order valence-corrected chi connectivity index (χ2v) is 3.90. The number of nitrogens with one attached hydrogen (secondary N) is 1. The summed E-state index contributed by atoms with van der Waals surface area (Å²) in [6.07, 6.45) is 2.89. The Bertz CT molecular complexity index is 519. The number of rotatable bonds is 3. The SMILES string of the molecule is O=c1ncc(Oc2cccc(CI)c2)c[nH]1. The van der Waals surface area contributed by atoms with Gasteiger partial charge in [0.25, 0.3) is 0 Å². The van der Waals surface area contributed by atoms with Gasteiger partial charge in [0, 0.05) is 4.43 Å². The van der Waals surface area contributed by atoms with Gasteiger partial charge in [-0.05, 0) is 17.7 Å². The first-order chi connectivity index (χ1) is 7.78. The fraction of sp³-hybridized carbons (Fsp3) is 0.0909. The molecule has 0 aliphatic rings. The summed E-state index contributed by atoms with van der Waals surface area (Å²) in [5.41, 5.74) is 0.809. The molecule has 0 saturated carbocycles. The Labute approximate surface area is 106 Å². The van der Waals surface area contributed by atoms with E-state index in [-0.39, 0.29) is 5.69 Å². The van der Waals surface area contributed by atoms with Crippen LogP contribution in [-0.2, 0) is 4.43 Å². The van der Waals surface area contributed by atoms with E-state index >= 15 is 0 Å². The van der Waals surface area contributed by atoms with Crippen LogP contribution in [0.15, 0.2) is 41.5 Å². The maximum Gasteiger partial charge on any atom is 0.345 e. The molecule has 82 valence electrons. The molecule has 1 aromatic heterocycles. The van der Waals surface area contributed by atoms with Gasteiger partial charge in [-0.1, -0.05) is 34.7 Å². The topological polar surface area (TPSA) is 55.0 Å². The first-order valence-electron chi connectivity index (χ1n) is 4.65. The Kier molecular flexibility index (Phi) is 3.55. The number of hydrogen-bond acceptors (Lipinski definition) is 3. The highest BCUT2D eigenvalue weighted by Gasteiger charge is 1.98. The number of alkyl halides is 1. The fourth-order valence-electron chi connectivity index (χ4n) is 1.21. The zero-order chi connectivity index (χ0) is 11.4. The van der Waals surface area contributed by atoms with Crippen LogP contribution >= 0.6 is 22.6 Å². The molecule has 0 aliphatic carbocycles. The fourth-order valence-corrected chi connectivity index (χ4v) is 1.69. The van der Waals surface area contributed by atoms with Crippen molar-refractivity contribution >= 4 is 22.6 Å². The van der Waals surface area contributed by atoms with Crippen molar-refractivity contribution in [3.8, 4) is 11.5 Å². The summed E-state index contributed by atoms with van der Waals surface area (Å²) in [6.45, 7) is 0. The summed E-state index contributed by atoms with van der Waals surface area (Å²) < 4.78 is 6.47. The summed E-state index contributed by atoms with van der Waals surface area (Å²) in [7, 11) is 0. The van der Waals surface area contributed by atoms with Gasteiger partial charge in [-0.25, -0.2) is 4.79 Å². The molecule has 1 aromatic carbocycles. The van der Waals surface area contributed by atoms with E-state index in [1.54, 1.807) is 0 Å². The number of ether oxygens (including phenoxy) is 1. The van der Waals surface area contributed by atoms with Gasteiger partial charge in [0.2, 0.25) is 0 Å². The average molecular weight is 328 g/mol. The van der Waals surface area contributed by atoms with E-state index in [9.17, 15) is 4.79 Å². The van der Waals surface area contributed by atoms with Gasteiger partial charge in [0.05, 0.1) is 12.4 Å². The molecule has 16 heavy (non-hydrogen) atoms. The maximum atomic E-state index is 10.8. The third-order valence-corrected chi connectivity index (χ3v) is 2.82. The maximum absolute atomic E-state index is 10.8. The third kappa shape index (κ3) is 2.82. The molecule has 0 atom stereocenters. The van der Waals surface area contributed by atoms with Gasteiger partial charge in [-0.3, -0.25) is 0 Å². The predicted octanol–water partition coefficient (Wildman–Crippen LogP) is 2.50. The van der Waals surface area contributed by atoms with Crippen LogP contribution in [0, 0.1) is 0 Å². The van der Waals surface area contributed by atoms with Crippen LogP contribution in [0.25, 0.3) is 0 Å². The third-order valence-electron chi connectivity index (χ3n) is 1.94. The number of H-pyrrole nitrogens is 1. The van der Waals surface area contributed by atoms with Gasteiger partial charge >= 0.3 is 5.69 Å². The minimum atomic E-state index is -0.381. The van der Waals surface area contributed by atoms with E-state index in [1.807, 2.05) is 24.3 Å². The number of aromatic amines is 1. The van der Waals surface area contributed by atoms with E-state index < -0.39 is 0 Å². The normalized spacial score (nSPS) is 10.1. The molecule has 0 aliphatic heterocycles. The molecule has 0 spiro atoms.